The van der Waals surface area contributed by atoms with Gasteiger partial charge in [0.05, 0.1) is 16.5 Å². The zero-order chi connectivity index (χ0) is 26.5. The van der Waals surface area contributed by atoms with E-state index in [1.54, 1.807) is 30.3 Å². The van der Waals surface area contributed by atoms with Gasteiger partial charge in [-0.25, -0.2) is 26.4 Å². The van der Waals surface area contributed by atoms with Crippen molar-refractivity contribution in [2.75, 3.05) is 12.8 Å². The molecule has 0 bridgehead atoms. The molecule has 3 rings (SSSR count). The molecule has 3 aromatic carbocycles. The van der Waals surface area contributed by atoms with E-state index in [1.165, 1.54) is 18.2 Å². The second-order valence-corrected chi connectivity index (χ2v) is 11.4. The van der Waals surface area contributed by atoms with E-state index in [9.17, 15) is 26.7 Å². The first-order chi connectivity index (χ1) is 16.9. The fraction of sp³-hybridized carbons (Fsp3) is 0.167. The van der Waals surface area contributed by atoms with Crippen molar-refractivity contribution in [2.45, 2.75) is 23.1 Å². The number of nitriles is 1. The summed E-state index contributed by atoms with van der Waals surface area (Å²) in [6.07, 6.45) is 1.18. The average Bonchev–Trinajstić information content (AvgIpc) is 2.82. The van der Waals surface area contributed by atoms with Crippen molar-refractivity contribution >= 4 is 25.8 Å². The van der Waals surface area contributed by atoms with Crippen molar-refractivity contribution in [3.63, 3.8) is 0 Å². The molecule has 0 aliphatic heterocycles. The number of aromatic hydroxyl groups is 1. The molecule has 0 fully saturated rings. The molecule has 0 saturated carbocycles. The summed E-state index contributed by atoms with van der Waals surface area (Å²) < 4.78 is 52.0. The van der Waals surface area contributed by atoms with Crippen LogP contribution in [0.5, 0.6) is 11.5 Å². The van der Waals surface area contributed by atoms with Crippen LogP contribution in [0.4, 0.5) is 0 Å². The van der Waals surface area contributed by atoms with Crippen LogP contribution >= 0.6 is 0 Å². The highest BCUT2D eigenvalue weighted by Crippen LogP contribution is 2.32. The van der Waals surface area contributed by atoms with Gasteiger partial charge in [0.25, 0.3) is 0 Å². The summed E-state index contributed by atoms with van der Waals surface area (Å²) in [7, 11) is -7.69. The van der Waals surface area contributed by atoms with Gasteiger partial charge in [-0.05, 0) is 42.3 Å². The highest BCUT2D eigenvalue weighted by atomic mass is 32.2. The maximum absolute atomic E-state index is 12.6. The lowest BCUT2D eigenvalue weighted by molar-refractivity contribution is -0.211. The Balaban J connectivity index is 1.89. The topological polar surface area (TPSA) is 160 Å². The van der Waals surface area contributed by atoms with Gasteiger partial charge in [-0.1, -0.05) is 30.3 Å². The Bertz CT molecular complexity index is 1560. The van der Waals surface area contributed by atoms with Crippen LogP contribution in [0.1, 0.15) is 18.1 Å². The van der Waals surface area contributed by atoms with Crippen LogP contribution in [0.15, 0.2) is 70.5 Å². The maximum atomic E-state index is 12.6. The predicted octanol–water partition coefficient (Wildman–Crippen LogP) is 2.71. The Kier molecular flexibility index (Phi) is 7.99. The van der Waals surface area contributed by atoms with E-state index < -0.39 is 36.5 Å². The number of sulfone groups is 1. The Morgan fingerprint density at radius 1 is 1.03 bits per heavy atom. The summed E-state index contributed by atoms with van der Waals surface area (Å²) in [5, 5.41) is 18.9. The summed E-state index contributed by atoms with van der Waals surface area (Å²) in [5.74, 6) is -1.15. The van der Waals surface area contributed by atoms with E-state index >= 15 is 0 Å². The number of nitrogens with zero attached hydrogens (tertiary/aromatic N) is 1. The molecule has 2 N–H and O–H groups in total. The minimum atomic E-state index is -4.15. The predicted molar refractivity (Wildman–Crippen MR) is 129 cm³/mol. The first-order valence-electron chi connectivity index (χ1n) is 10.4. The average molecular weight is 531 g/mol. The van der Waals surface area contributed by atoms with Gasteiger partial charge in [-0.3, -0.25) is 9.78 Å². The third-order valence-corrected chi connectivity index (χ3v) is 7.62. The third kappa shape index (κ3) is 6.39. The van der Waals surface area contributed by atoms with E-state index in [0.29, 0.717) is 16.7 Å². The number of sulfonamides is 1. The van der Waals surface area contributed by atoms with Gasteiger partial charge < -0.3 is 5.11 Å². The number of phenolic OH excluding ortho intramolecular Hbond substituents is 1. The number of phenols is 1. The second-order valence-electron chi connectivity index (χ2n) is 7.69. The van der Waals surface area contributed by atoms with E-state index in [2.05, 4.69) is 9.61 Å². The second kappa shape index (κ2) is 10.8. The molecule has 12 heteroatoms. The zero-order valence-corrected chi connectivity index (χ0v) is 20.9. The SMILES string of the molecule is CC(=O)OOc1cc(-c2ccccc2S(C)(=O)=O)ccc1CCNS(=O)(=O)c1cc(C#N)ccc1O. The van der Waals surface area contributed by atoms with Crippen LogP contribution in [-0.2, 0) is 36.0 Å². The molecule has 10 nitrogen and oxygen atoms in total. The van der Waals surface area contributed by atoms with E-state index in [0.717, 1.165) is 25.3 Å². The molecular weight excluding hydrogens is 508 g/mol. The summed E-state index contributed by atoms with van der Waals surface area (Å²) in [4.78, 5) is 20.8. The van der Waals surface area contributed by atoms with Crippen molar-refractivity contribution in [1.82, 2.24) is 4.72 Å². The molecule has 0 saturated heterocycles. The summed E-state index contributed by atoms with van der Waals surface area (Å²) in [5.41, 5.74) is 1.40. The van der Waals surface area contributed by atoms with Gasteiger partial charge >= 0.3 is 5.97 Å². The summed E-state index contributed by atoms with van der Waals surface area (Å²) in [6, 6.07) is 16.4. The first kappa shape index (κ1) is 26.7. The van der Waals surface area contributed by atoms with E-state index in [1.807, 2.05) is 6.07 Å². The summed E-state index contributed by atoms with van der Waals surface area (Å²) in [6.45, 7) is 1.01. The molecule has 0 aliphatic rings. The molecule has 0 heterocycles. The molecule has 0 amide bonds. The maximum Gasteiger partial charge on any atom is 0.352 e. The Labute approximate surface area is 208 Å². The quantitative estimate of drug-likeness (QED) is 0.313. The fourth-order valence-electron chi connectivity index (χ4n) is 3.33. The van der Waals surface area contributed by atoms with E-state index in [-0.39, 0.29) is 29.2 Å². The smallest absolute Gasteiger partial charge is 0.352 e. The lowest BCUT2D eigenvalue weighted by Gasteiger charge is -2.14. The Morgan fingerprint density at radius 2 is 1.75 bits per heavy atom. The highest BCUT2D eigenvalue weighted by molar-refractivity contribution is 7.91. The van der Waals surface area contributed by atoms with Gasteiger partial charge in [0, 0.05) is 30.9 Å². The van der Waals surface area contributed by atoms with E-state index in [4.69, 9.17) is 10.1 Å². The van der Waals surface area contributed by atoms with Crippen molar-refractivity contribution in [3.8, 4) is 28.7 Å². The van der Waals surface area contributed by atoms with Gasteiger partial charge in [0.15, 0.2) is 15.6 Å². The Hall–Kier alpha value is -3.92. The van der Waals surface area contributed by atoms with Crippen LogP contribution in [0.3, 0.4) is 0 Å². The van der Waals surface area contributed by atoms with Crippen molar-refractivity contribution in [3.05, 3.63) is 71.8 Å². The molecule has 36 heavy (non-hydrogen) atoms. The van der Waals surface area contributed by atoms with Crippen LogP contribution < -0.4 is 9.61 Å². The number of hydrogen-bond donors (Lipinski definition) is 2. The van der Waals surface area contributed by atoms with Crippen LogP contribution in [0, 0.1) is 11.3 Å². The molecule has 0 unspecified atom stereocenters. The lowest BCUT2D eigenvalue weighted by atomic mass is 10.0. The van der Waals surface area contributed by atoms with Crippen LogP contribution in [-0.4, -0.2) is 40.7 Å². The number of hydrogen-bond acceptors (Lipinski definition) is 9. The van der Waals surface area contributed by atoms with Gasteiger partial charge in [-0.2, -0.15) is 5.26 Å². The lowest BCUT2D eigenvalue weighted by Crippen LogP contribution is -2.26. The third-order valence-electron chi connectivity index (χ3n) is 4.98. The van der Waals surface area contributed by atoms with Crippen LogP contribution in [0.25, 0.3) is 11.1 Å². The first-order valence-corrected chi connectivity index (χ1v) is 13.8. The summed E-state index contributed by atoms with van der Waals surface area (Å²) >= 11 is 0. The largest absolute Gasteiger partial charge is 0.507 e. The van der Waals surface area contributed by atoms with Gasteiger partial charge in [0.2, 0.25) is 10.0 Å². The molecule has 188 valence electrons. The molecular formula is C24H22N2O8S2. The highest BCUT2D eigenvalue weighted by Gasteiger charge is 2.20. The van der Waals surface area contributed by atoms with Crippen molar-refractivity contribution in [1.29, 1.82) is 5.26 Å². The Morgan fingerprint density at radius 3 is 2.42 bits per heavy atom. The molecule has 0 spiro atoms. The number of nitrogens with one attached hydrogen (secondary N) is 1. The molecule has 0 atom stereocenters. The van der Waals surface area contributed by atoms with Gasteiger partial charge in [-0.15, -0.1) is 0 Å². The minimum absolute atomic E-state index is 0.0650. The number of carbonyl (C=O) groups excluding carboxylic acids is 1. The number of rotatable bonds is 9. The zero-order valence-electron chi connectivity index (χ0n) is 19.3. The molecule has 0 radical (unpaired) electrons. The van der Waals surface area contributed by atoms with Crippen molar-refractivity contribution < 1.29 is 36.5 Å². The normalized spacial score (nSPS) is 11.5. The molecule has 0 aromatic heterocycles. The minimum Gasteiger partial charge on any atom is -0.507 e. The molecule has 3 aromatic rings. The number of benzene rings is 3. The standard InChI is InChI=1S/C24H22N2O8S2/c1-16(27)33-34-22-14-19(20-5-3-4-6-23(20)35(2,29)30)9-8-18(22)11-12-26-36(31,32)24-13-17(15-25)7-10-21(24)28/h3-10,13-14,26,28H,11-12H2,1-2H3. The number of carbonyl (C=O) groups is 1. The van der Waals surface area contributed by atoms with Gasteiger partial charge in [0.1, 0.15) is 10.6 Å². The van der Waals surface area contributed by atoms with Crippen LogP contribution in [0.2, 0.25) is 0 Å². The fourth-order valence-corrected chi connectivity index (χ4v) is 5.40. The molecule has 0 aliphatic carbocycles. The van der Waals surface area contributed by atoms with Crippen molar-refractivity contribution in [2.24, 2.45) is 0 Å². The monoisotopic (exact) mass is 530 g/mol.